The van der Waals surface area contributed by atoms with E-state index < -0.39 is 12.0 Å². The SMILES string of the molecule is NC(=O)c1ccccc1O[C@@H]1C[C@@H]2CNC[C@@H]2C[C@H]1O. The topological polar surface area (TPSA) is 84.6 Å². The van der Waals surface area contributed by atoms with Gasteiger partial charge >= 0.3 is 0 Å². The zero-order chi connectivity index (χ0) is 14.1. The third-order valence-corrected chi connectivity index (χ3v) is 4.42. The van der Waals surface area contributed by atoms with Crippen molar-refractivity contribution in [2.45, 2.75) is 25.0 Å². The number of benzene rings is 1. The Hall–Kier alpha value is -1.59. The molecule has 20 heavy (non-hydrogen) atoms. The number of rotatable bonds is 3. The lowest BCUT2D eigenvalue weighted by molar-refractivity contribution is -0.0234. The fourth-order valence-corrected chi connectivity index (χ4v) is 3.32. The highest BCUT2D eigenvalue weighted by molar-refractivity contribution is 5.95. The van der Waals surface area contributed by atoms with E-state index in [4.69, 9.17) is 10.5 Å². The minimum absolute atomic E-state index is 0.267. The van der Waals surface area contributed by atoms with E-state index in [0.717, 1.165) is 25.9 Å². The van der Waals surface area contributed by atoms with Gasteiger partial charge in [0, 0.05) is 0 Å². The van der Waals surface area contributed by atoms with Crippen LogP contribution in [-0.2, 0) is 0 Å². The van der Waals surface area contributed by atoms with Crippen LogP contribution >= 0.6 is 0 Å². The van der Waals surface area contributed by atoms with E-state index >= 15 is 0 Å². The molecule has 5 heteroatoms. The minimum Gasteiger partial charge on any atom is -0.487 e. The second kappa shape index (κ2) is 5.42. The van der Waals surface area contributed by atoms with Crippen LogP contribution in [0.2, 0.25) is 0 Å². The molecule has 4 atom stereocenters. The van der Waals surface area contributed by atoms with Crippen molar-refractivity contribution in [2.75, 3.05) is 13.1 Å². The fraction of sp³-hybridized carbons (Fsp3) is 0.533. The number of nitrogens with two attached hydrogens (primary N) is 1. The Bertz CT molecular complexity index is 506. The van der Waals surface area contributed by atoms with Gasteiger partial charge in [0.2, 0.25) is 0 Å². The predicted octanol–water partition coefficient (Wildman–Crippen LogP) is 0.523. The Morgan fingerprint density at radius 1 is 1.25 bits per heavy atom. The van der Waals surface area contributed by atoms with Crippen molar-refractivity contribution >= 4 is 5.91 Å². The molecule has 1 saturated heterocycles. The molecule has 3 rings (SSSR count). The highest BCUT2D eigenvalue weighted by atomic mass is 16.5. The molecule has 1 heterocycles. The number of amides is 1. The number of aliphatic hydroxyl groups is 1. The molecular formula is C15H20N2O3. The second-order valence-corrected chi connectivity index (χ2v) is 5.73. The third-order valence-electron chi connectivity index (χ3n) is 4.42. The average molecular weight is 276 g/mol. The van der Waals surface area contributed by atoms with Gasteiger partial charge in [0.15, 0.2) is 0 Å². The standard InChI is InChI=1S/C15H20N2O3/c16-15(19)11-3-1-2-4-13(11)20-14-6-10-8-17-7-9(10)5-12(14)18/h1-4,9-10,12,14,17-18H,5-8H2,(H2,16,19)/t9-,10+,12+,14+/m0/s1. The van der Waals surface area contributed by atoms with Crippen LogP contribution in [0.5, 0.6) is 5.75 Å². The Morgan fingerprint density at radius 2 is 1.95 bits per heavy atom. The number of ether oxygens (including phenoxy) is 1. The molecule has 1 amide bonds. The van der Waals surface area contributed by atoms with Crippen molar-refractivity contribution in [3.05, 3.63) is 29.8 Å². The van der Waals surface area contributed by atoms with Crippen LogP contribution in [0.1, 0.15) is 23.2 Å². The number of hydrogen-bond donors (Lipinski definition) is 3. The van der Waals surface area contributed by atoms with Crippen LogP contribution in [0.15, 0.2) is 24.3 Å². The number of para-hydroxylation sites is 1. The Morgan fingerprint density at radius 3 is 2.70 bits per heavy atom. The third kappa shape index (κ3) is 2.51. The first-order valence-corrected chi connectivity index (χ1v) is 7.09. The summed E-state index contributed by atoms with van der Waals surface area (Å²) in [4.78, 5) is 11.4. The summed E-state index contributed by atoms with van der Waals surface area (Å²) in [6, 6.07) is 6.93. The molecule has 1 saturated carbocycles. The van der Waals surface area contributed by atoms with Crippen LogP contribution in [0, 0.1) is 11.8 Å². The summed E-state index contributed by atoms with van der Waals surface area (Å²) < 4.78 is 5.89. The zero-order valence-electron chi connectivity index (χ0n) is 11.3. The Labute approximate surface area is 118 Å². The molecule has 1 aliphatic carbocycles. The highest BCUT2D eigenvalue weighted by Gasteiger charge is 2.40. The number of primary amides is 1. The van der Waals surface area contributed by atoms with Crippen molar-refractivity contribution in [2.24, 2.45) is 17.6 Å². The van der Waals surface area contributed by atoms with Gasteiger partial charge in [0.25, 0.3) is 5.91 Å². The molecule has 2 aliphatic rings. The predicted molar refractivity (Wildman–Crippen MR) is 74.5 cm³/mol. The first-order chi connectivity index (χ1) is 9.65. The average Bonchev–Trinajstić information content (AvgIpc) is 2.86. The smallest absolute Gasteiger partial charge is 0.252 e. The molecule has 0 unspecified atom stereocenters. The monoisotopic (exact) mass is 276 g/mol. The molecule has 108 valence electrons. The molecule has 2 fully saturated rings. The highest BCUT2D eigenvalue weighted by Crippen LogP contribution is 2.35. The molecule has 0 bridgehead atoms. The van der Waals surface area contributed by atoms with Gasteiger partial charge in [-0.3, -0.25) is 4.79 Å². The molecule has 0 aromatic heterocycles. The van der Waals surface area contributed by atoms with Crippen LogP contribution in [0.25, 0.3) is 0 Å². The lowest BCUT2D eigenvalue weighted by Crippen LogP contribution is -2.42. The summed E-state index contributed by atoms with van der Waals surface area (Å²) in [5.41, 5.74) is 5.72. The van der Waals surface area contributed by atoms with Gasteiger partial charge in [0.1, 0.15) is 11.9 Å². The minimum atomic E-state index is -0.508. The second-order valence-electron chi connectivity index (χ2n) is 5.73. The summed E-state index contributed by atoms with van der Waals surface area (Å²) in [5, 5.41) is 13.6. The zero-order valence-corrected chi connectivity index (χ0v) is 11.3. The van der Waals surface area contributed by atoms with Gasteiger partial charge in [-0.1, -0.05) is 12.1 Å². The summed E-state index contributed by atoms with van der Waals surface area (Å²) in [6.45, 7) is 1.96. The number of fused-ring (bicyclic) bond motifs is 1. The first-order valence-electron chi connectivity index (χ1n) is 7.09. The maximum atomic E-state index is 11.4. The van der Waals surface area contributed by atoms with Gasteiger partial charge in [-0.15, -0.1) is 0 Å². The quantitative estimate of drug-likeness (QED) is 0.751. The molecule has 1 aliphatic heterocycles. The molecule has 1 aromatic rings. The van der Waals surface area contributed by atoms with Gasteiger partial charge < -0.3 is 20.9 Å². The normalized spacial score (nSPS) is 32.6. The summed E-state index contributed by atoms with van der Waals surface area (Å²) in [7, 11) is 0. The number of nitrogens with one attached hydrogen (secondary N) is 1. The molecule has 5 nitrogen and oxygen atoms in total. The van der Waals surface area contributed by atoms with Gasteiger partial charge in [-0.2, -0.15) is 0 Å². The summed E-state index contributed by atoms with van der Waals surface area (Å²) in [5.74, 6) is 1.04. The van der Waals surface area contributed by atoms with Crippen LogP contribution in [-0.4, -0.2) is 36.3 Å². The Balaban J connectivity index is 1.75. The molecule has 0 spiro atoms. The molecule has 1 aromatic carbocycles. The van der Waals surface area contributed by atoms with Crippen molar-refractivity contribution in [3.8, 4) is 5.75 Å². The van der Waals surface area contributed by atoms with Gasteiger partial charge in [-0.25, -0.2) is 0 Å². The molecule has 0 radical (unpaired) electrons. The van der Waals surface area contributed by atoms with Gasteiger partial charge in [0.05, 0.1) is 11.7 Å². The first kappa shape index (κ1) is 13.4. The van der Waals surface area contributed by atoms with Crippen LogP contribution < -0.4 is 15.8 Å². The number of hydrogen-bond acceptors (Lipinski definition) is 4. The fourth-order valence-electron chi connectivity index (χ4n) is 3.32. The molecular weight excluding hydrogens is 256 g/mol. The lowest BCUT2D eigenvalue weighted by Gasteiger charge is -2.35. The van der Waals surface area contributed by atoms with Crippen molar-refractivity contribution < 1.29 is 14.6 Å². The number of aliphatic hydroxyl groups excluding tert-OH is 1. The van der Waals surface area contributed by atoms with Crippen LogP contribution in [0.3, 0.4) is 0 Å². The van der Waals surface area contributed by atoms with E-state index in [1.54, 1.807) is 24.3 Å². The lowest BCUT2D eigenvalue weighted by atomic mass is 9.78. The van der Waals surface area contributed by atoms with Crippen LogP contribution in [0.4, 0.5) is 0 Å². The largest absolute Gasteiger partial charge is 0.487 e. The number of carbonyl (C=O) groups is 1. The summed E-state index contributed by atoms with van der Waals surface area (Å²) in [6.07, 6.45) is 0.807. The van der Waals surface area contributed by atoms with Crippen molar-refractivity contribution in [1.29, 1.82) is 0 Å². The van der Waals surface area contributed by atoms with E-state index in [2.05, 4.69) is 5.32 Å². The number of carbonyl (C=O) groups excluding carboxylic acids is 1. The van der Waals surface area contributed by atoms with E-state index in [9.17, 15) is 9.90 Å². The van der Waals surface area contributed by atoms with Gasteiger partial charge in [-0.05, 0) is 49.9 Å². The van der Waals surface area contributed by atoms with Crippen molar-refractivity contribution in [1.82, 2.24) is 5.32 Å². The maximum Gasteiger partial charge on any atom is 0.252 e. The van der Waals surface area contributed by atoms with E-state index in [1.165, 1.54) is 0 Å². The Kier molecular flexibility index (Phi) is 3.63. The summed E-state index contributed by atoms with van der Waals surface area (Å²) >= 11 is 0. The molecule has 4 N–H and O–H groups in total. The van der Waals surface area contributed by atoms with Crippen molar-refractivity contribution in [3.63, 3.8) is 0 Å². The maximum absolute atomic E-state index is 11.4. The van der Waals surface area contributed by atoms with E-state index in [0.29, 0.717) is 23.1 Å². The van der Waals surface area contributed by atoms with E-state index in [-0.39, 0.29) is 6.10 Å². The van der Waals surface area contributed by atoms with E-state index in [1.807, 2.05) is 0 Å².